The molecular formula is C13H15NO4. The summed E-state index contributed by atoms with van der Waals surface area (Å²) in [6.45, 7) is -0.174. The van der Waals surface area contributed by atoms with Gasteiger partial charge in [0.25, 0.3) is 0 Å². The van der Waals surface area contributed by atoms with Gasteiger partial charge in [-0.2, -0.15) is 0 Å². The zero-order valence-corrected chi connectivity index (χ0v) is 10.1. The van der Waals surface area contributed by atoms with Gasteiger partial charge in [-0.15, -0.1) is 0 Å². The highest BCUT2D eigenvalue weighted by Crippen LogP contribution is 2.31. The van der Waals surface area contributed by atoms with Crippen molar-refractivity contribution in [2.24, 2.45) is 0 Å². The van der Waals surface area contributed by atoms with Crippen LogP contribution in [0, 0.1) is 0 Å². The second-order valence-electron chi connectivity index (χ2n) is 4.42. The van der Waals surface area contributed by atoms with Crippen LogP contribution in [0.3, 0.4) is 0 Å². The summed E-state index contributed by atoms with van der Waals surface area (Å²) in [5, 5.41) is 18.0. The number of anilines is 1. The molecule has 1 unspecified atom stereocenters. The van der Waals surface area contributed by atoms with E-state index in [-0.39, 0.29) is 18.9 Å². The van der Waals surface area contributed by atoms with Gasteiger partial charge in [-0.25, -0.2) is 0 Å². The van der Waals surface area contributed by atoms with Crippen molar-refractivity contribution < 1.29 is 19.8 Å². The number of likely N-dealkylation sites (N-methyl/N-ethyl adjacent to an activating group) is 1. The van der Waals surface area contributed by atoms with Gasteiger partial charge in [-0.05, 0) is 23.6 Å². The maximum atomic E-state index is 11.5. The van der Waals surface area contributed by atoms with Crippen LogP contribution in [-0.4, -0.2) is 35.7 Å². The van der Waals surface area contributed by atoms with Crippen molar-refractivity contribution in [2.75, 3.05) is 18.6 Å². The standard InChI is InChI=1S/C13H15NO4/c1-14-11-3-2-8(6-9(11)7-12(14)16)10(4-5-15)13(17)18/h2-3,6,10,15H,4-5,7H2,1H3,(H,17,18). The first-order valence-corrected chi connectivity index (χ1v) is 5.77. The monoisotopic (exact) mass is 249 g/mol. The van der Waals surface area contributed by atoms with Crippen molar-refractivity contribution in [3.8, 4) is 0 Å². The van der Waals surface area contributed by atoms with Crippen LogP contribution in [0.4, 0.5) is 5.69 Å². The van der Waals surface area contributed by atoms with Crippen LogP contribution in [0.25, 0.3) is 0 Å². The first-order valence-electron chi connectivity index (χ1n) is 5.77. The van der Waals surface area contributed by atoms with E-state index >= 15 is 0 Å². The van der Waals surface area contributed by atoms with E-state index in [1.807, 2.05) is 0 Å². The summed E-state index contributed by atoms with van der Waals surface area (Å²) in [4.78, 5) is 24.2. The van der Waals surface area contributed by atoms with E-state index in [1.165, 1.54) is 0 Å². The van der Waals surface area contributed by atoms with Gasteiger partial charge in [0.2, 0.25) is 5.91 Å². The Morgan fingerprint density at radius 2 is 2.22 bits per heavy atom. The third kappa shape index (κ3) is 2.09. The molecule has 0 radical (unpaired) electrons. The molecule has 1 aromatic carbocycles. The van der Waals surface area contributed by atoms with E-state index in [1.54, 1.807) is 30.1 Å². The molecule has 5 nitrogen and oxygen atoms in total. The van der Waals surface area contributed by atoms with E-state index in [9.17, 15) is 9.59 Å². The topological polar surface area (TPSA) is 77.8 Å². The number of nitrogens with zero attached hydrogens (tertiary/aromatic N) is 1. The van der Waals surface area contributed by atoms with Crippen molar-refractivity contribution in [3.05, 3.63) is 29.3 Å². The molecule has 18 heavy (non-hydrogen) atoms. The zero-order valence-electron chi connectivity index (χ0n) is 10.1. The van der Waals surface area contributed by atoms with E-state index in [2.05, 4.69) is 0 Å². The number of hydrogen-bond acceptors (Lipinski definition) is 3. The van der Waals surface area contributed by atoms with Gasteiger partial charge < -0.3 is 15.1 Å². The lowest BCUT2D eigenvalue weighted by Crippen LogP contribution is -2.20. The molecule has 0 saturated carbocycles. The van der Waals surface area contributed by atoms with Crippen LogP contribution in [0.2, 0.25) is 0 Å². The van der Waals surface area contributed by atoms with Gasteiger partial charge in [-0.1, -0.05) is 12.1 Å². The quantitative estimate of drug-likeness (QED) is 0.825. The van der Waals surface area contributed by atoms with Crippen LogP contribution in [-0.2, 0) is 16.0 Å². The lowest BCUT2D eigenvalue weighted by molar-refractivity contribution is -0.139. The predicted octanol–water partition coefficient (Wildman–Crippen LogP) is 0.756. The van der Waals surface area contributed by atoms with E-state index in [0.717, 1.165) is 11.3 Å². The SMILES string of the molecule is CN1C(=O)Cc2cc(C(CCO)C(=O)O)ccc21. The minimum Gasteiger partial charge on any atom is -0.481 e. The van der Waals surface area contributed by atoms with Crippen molar-refractivity contribution in [1.82, 2.24) is 0 Å². The van der Waals surface area contributed by atoms with E-state index in [0.29, 0.717) is 12.0 Å². The molecule has 2 rings (SSSR count). The average molecular weight is 249 g/mol. The Morgan fingerprint density at radius 1 is 1.50 bits per heavy atom. The van der Waals surface area contributed by atoms with Gasteiger partial charge in [0.1, 0.15) is 0 Å². The molecule has 0 aliphatic carbocycles. The normalized spacial score (nSPS) is 15.7. The fraction of sp³-hybridized carbons (Fsp3) is 0.385. The smallest absolute Gasteiger partial charge is 0.311 e. The highest BCUT2D eigenvalue weighted by molar-refractivity contribution is 6.01. The Morgan fingerprint density at radius 3 is 2.83 bits per heavy atom. The van der Waals surface area contributed by atoms with Gasteiger partial charge in [0.15, 0.2) is 0 Å². The number of carbonyl (C=O) groups is 2. The second-order valence-corrected chi connectivity index (χ2v) is 4.42. The summed E-state index contributed by atoms with van der Waals surface area (Å²) < 4.78 is 0. The number of carboxylic acids is 1. The summed E-state index contributed by atoms with van der Waals surface area (Å²) in [6, 6.07) is 5.23. The number of aliphatic carboxylic acids is 1. The summed E-state index contributed by atoms with van der Waals surface area (Å²) >= 11 is 0. The molecular weight excluding hydrogens is 234 g/mol. The third-order valence-corrected chi connectivity index (χ3v) is 3.30. The summed E-state index contributed by atoms with van der Waals surface area (Å²) in [7, 11) is 1.70. The Bertz CT molecular complexity index is 498. The average Bonchev–Trinajstić information content (AvgIpc) is 2.61. The van der Waals surface area contributed by atoms with Crippen LogP contribution >= 0.6 is 0 Å². The lowest BCUT2D eigenvalue weighted by atomic mass is 9.94. The lowest BCUT2D eigenvalue weighted by Gasteiger charge is -2.14. The number of amides is 1. The minimum absolute atomic E-state index is 0.0104. The van der Waals surface area contributed by atoms with Crippen LogP contribution in [0.15, 0.2) is 18.2 Å². The number of benzene rings is 1. The first-order chi connectivity index (χ1) is 8.54. The summed E-state index contributed by atoms with van der Waals surface area (Å²) in [5.41, 5.74) is 2.32. The molecule has 0 fully saturated rings. The molecule has 1 aromatic rings. The first kappa shape index (κ1) is 12.6. The minimum atomic E-state index is -0.957. The number of aliphatic hydroxyl groups is 1. The molecule has 2 N–H and O–H groups in total. The zero-order chi connectivity index (χ0) is 13.3. The number of fused-ring (bicyclic) bond motifs is 1. The molecule has 1 atom stereocenters. The predicted molar refractivity (Wildman–Crippen MR) is 65.6 cm³/mol. The Balaban J connectivity index is 2.35. The van der Waals surface area contributed by atoms with Crippen LogP contribution < -0.4 is 4.90 Å². The van der Waals surface area contributed by atoms with E-state index < -0.39 is 11.9 Å². The van der Waals surface area contributed by atoms with Gasteiger partial charge in [0, 0.05) is 19.3 Å². The summed E-state index contributed by atoms with van der Waals surface area (Å²) in [5.74, 6) is -1.67. The van der Waals surface area contributed by atoms with Crippen LogP contribution in [0.1, 0.15) is 23.5 Å². The molecule has 0 saturated heterocycles. The maximum Gasteiger partial charge on any atom is 0.311 e. The summed E-state index contributed by atoms with van der Waals surface area (Å²) in [6.07, 6.45) is 0.489. The fourth-order valence-corrected chi connectivity index (χ4v) is 2.27. The molecule has 1 heterocycles. The number of hydrogen-bond donors (Lipinski definition) is 2. The molecule has 96 valence electrons. The Kier molecular flexibility index (Phi) is 3.34. The Hall–Kier alpha value is -1.88. The highest BCUT2D eigenvalue weighted by Gasteiger charge is 2.26. The number of rotatable bonds is 4. The fourth-order valence-electron chi connectivity index (χ4n) is 2.27. The molecule has 1 aliphatic rings. The van der Waals surface area contributed by atoms with Crippen molar-refractivity contribution in [2.45, 2.75) is 18.8 Å². The second kappa shape index (κ2) is 4.78. The van der Waals surface area contributed by atoms with Crippen molar-refractivity contribution in [3.63, 3.8) is 0 Å². The Labute approximate surface area is 105 Å². The maximum absolute atomic E-state index is 11.5. The van der Waals surface area contributed by atoms with Crippen molar-refractivity contribution in [1.29, 1.82) is 0 Å². The van der Waals surface area contributed by atoms with E-state index in [4.69, 9.17) is 10.2 Å². The van der Waals surface area contributed by atoms with Gasteiger partial charge in [0.05, 0.1) is 12.3 Å². The molecule has 1 amide bonds. The number of aliphatic hydroxyl groups excluding tert-OH is 1. The molecule has 0 aromatic heterocycles. The molecule has 1 aliphatic heterocycles. The largest absolute Gasteiger partial charge is 0.481 e. The third-order valence-electron chi connectivity index (χ3n) is 3.30. The molecule has 5 heteroatoms. The van der Waals surface area contributed by atoms with Gasteiger partial charge >= 0.3 is 5.97 Å². The highest BCUT2D eigenvalue weighted by atomic mass is 16.4. The molecule has 0 bridgehead atoms. The van der Waals surface area contributed by atoms with Crippen LogP contribution in [0.5, 0.6) is 0 Å². The number of carboxylic acid groups (broad SMARTS) is 1. The number of carbonyl (C=O) groups excluding carboxylic acids is 1. The van der Waals surface area contributed by atoms with Gasteiger partial charge in [-0.3, -0.25) is 9.59 Å². The molecule has 0 spiro atoms. The van der Waals surface area contributed by atoms with Crippen molar-refractivity contribution >= 4 is 17.6 Å².